The number of carbonyl (C=O) groups is 2. The van der Waals surface area contributed by atoms with Crippen molar-refractivity contribution in [3.05, 3.63) is 0 Å². The Morgan fingerprint density at radius 3 is 2.28 bits per heavy atom. The molecule has 2 amide bonds. The summed E-state index contributed by atoms with van der Waals surface area (Å²) in [5.41, 5.74) is 0. The van der Waals surface area contributed by atoms with Gasteiger partial charge in [0.05, 0.1) is 5.75 Å². The Labute approximate surface area is 105 Å². The monoisotopic (exact) mass is 282 g/mol. The van der Waals surface area contributed by atoms with E-state index in [0.29, 0.717) is 6.42 Å². The van der Waals surface area contributed by atoms with Crippen molar-refractivity contribution in [3.63, 3.8) is 0 Å². The number of sulfone groups is 1. The second-order valence-corrected chi connectivity index (χ2v) is 6.07. The fourth-order valence-corrected chi connectivity index (χ4v) is 1.71. The smallest absolute Gasteiger partial charge is 0.332 e. The van der Waals surface area contributed by atoms with Crippen LogP contribution in [0.4, 0.5) is 4.79 Å². The molecule has 0 aliphatic carbocycles. The average molecular weight is 282 g/mol. The first-order chi connectivity index (χ1) is 8.22. The maximum absolute atomic E-state index is 11.1. The van der Waals surface area contributed by atoms with Gasteiger partial charge in [-0.15, -0.1) is 0 Å². The molecule has 1 unspecified atom stereocenters. The molecule has 0 heterocycles. The largest absolute Gasteiger partial charge is 0.479 e. The Morgan fingerprint density at radius 2 is 1.78 bits per heavy atom. The van der Waals surface area contributed by atoms with E-state index in [2.05, 4.69) is 10.6 Å². The van der Waals surface area contributed by atoms with Crippen LogP contribution in [0.15, 0.2) is 0 Å². The van der Waals surface area contributed by atoms with Crippen LogP contribution in [-0.4, -0.2) is 61.8 Å². The number of hydrogen-bond donors (Lipinski definition) is 4. The zero-order valence-corrected chi connectivity index (χ0v) is 10.9. The molecular formula is C9H18N2O6S. The van der Waals surface area contributed by atoms with Gasteiger partial charge in [0.15, 0.2) is 6.10 Å². The topological polar surface area (TPSA) is 133 Å². The van der Waals surface area contributed by atoms with Crippen molar-refractivity contribution in [3.8, 4) is 0 Å². The van der Waals surface area contributed by atoms with Gasteiger partial charge in [-0.3, -0.25) is 0 Å². The summed E-state index contributed by atoms with van der Waals surface area (Å²) in [6.45, 7) is 0.228. The summed E-state index contributed by atoms with van der Waals surface area (Å²) in [5.74, 6) is -1.35. The summed E-state index contributed by atoms with van der Waals surface area (Å²) >= 11 is 0. The third-order valence-corrected chi connectivity index (χ3v) is 3.00. The lowest BCUT2D eigenvalue weighted by atomic mass is 10.2. The van der Waals surface area contributed by atoms with E-state index in [9.17, 15) is 18.0 Å². The van der Waals surface area contributed by atoms with E-state index in [-0.39, 0.29) is 25.3 Å². The normalized spacial score (nSPS) is 12.8. The number of hydrogen-bond acceptors (Lipinski definition) is 5. The standard InChI is InChI=1S/C9H18N2O6S/c1-18(16,17)6-2-4-10-9(15)11-5-3-7(12)8(13)14/h7,12H,2-6H2,1H3,(H,13,14)(H2,10,11,15). The van der Waals surface area contributed by atoms with Gasteiger partial charge in [-0.1, -0.05) is 0 Å². The van der Waals surface area contributed by atoms with Gasteiger partial charge in [0.1, 0.15) is 9.84 Å². The van der Waals surface area contributed by atoms with Gasteiger partial charge in [0.25, 0.3) is 0 Å². The Hall–Kier alpha value is -1.35. The summed E-state index contributed by atoms with van der Waals surface area (Å²) < 4.78 is 21.6. The Morgan fingerprint density at radius 1 is 1.22 bits per heavy atom. The van der Waals surface area contributed by atoms with E-state index in [0.717, 1.165) is 6.26 Å². The second-order valence-electron chi connectivity index (χ2n) is 3.81. The molecule has 0 spiro atoms. The Balaban J connectivity index is 3.58. The van der Waals surface area contributed by atoms with Crippen molar-refractivity contribution in [2.24, 2.45) is 0 Å². The first-order valence-corrected chi connectivity index (χ1v) is 7.38. The summed E-state index contributed by atoms with van der Waals surface area (Å²) in [4.78, 5) is 21.4. The highest BCUT2D eigenvalue weighted by atomic mass is 32.2. The van der Waals surface area contributed by atoms with Crippen LogP contribution in [0.25, 0.3) is 0 Å². The number of aliphatic hydroxyl groups is 1. The number of carboxylic acid groups (broad SMARTS) is 1. The lowest BCUT2D eigenvalue weighted by molar-refractivity contribution is -0.146. The van der Waals surface area contributed by atoms with Gasteiger partial charge in [-0.05, 0) is 6.42 Å². The molecule has 0 aromatic heterocycles. The number of carbonyl (C=O) groups excluding carboxylic acids is 1. The van der Waals surface area contributed by atoms with Gasteiger partial charge in [-0.25, -0.2) is 18.0 Å². The number of nitrogens with one attached hydrogen (secondary N) is 2. The van der Waals surface area contributed by atoms with Crippen LogP contribution in [0.1, 0.15) is 12.8 Å². The van der Waals surface area contributed by atoms with Crippen molar-refractivity contribution in [1.82, 2.24) is 10.6 Å². The lowest BCUT2D eigenvalue weighted by Gasteiger charge is -2.08. The first-order valence-electron chi connectivity index (χ1n) is 5.32. The van der Waals surface area contributed by atoms with Gasteiger partial charge in [0, 0.05) is 25.8 Å². The molecule has 0 aromatic rings. The van der Waals surface area contributed by atoms with Gasteiger partial charge in [0.2, 0.25) is 0 Å². The molecule has 0 aromatic carbocycles. The summed E-state index contributed by atoms with van der Waals surface area (Å²) in [5, 5.41) is 22.0. The van der Waals surface area contributed by atoms with Crippen LogP contribution < -0.4 is 10.6 Å². The Kier molecular flexibility index (Phi) is 7.29. The number of urea groups is 1. The fraction of sp³-hybridized carbons (Fsp3) is 0.778. The molecule has 18 heavy (non-hydrogen) atoms. The van der Waals surface area contributed by atoms with Crippen LogP contribution >= 0.6 is 0 Å². The van der Waals surface area contributed by atoms with E-state index in [1.165, 1.54) is 0 Å². The van der Waals surface area contributed by atoms with E-state index < -0.39 is 27.9 Å². The van der Waals surface area contributed by atoms with Crippen LogP contribution in [-0.2, 0) is 14.6 Å². The molecule has 0 radical (unpaired) electrons. The molecule has 8 nitrogen and oxygen atoms in total. The van der Waals surface area contributed by atoms with Gasteiger partial charge >= 0.3 is 12.0 Å². The molecular weight excluding hydrogens is 264 g/mol. The third-order valence-electron chi connectivity index (χ3n) is 1.97. The molecule has 106 valence electrons. The summed E-state index contributed by atoms with van der Waals surface area (Å²) in [6.07, 6.45) is -0.174. The Bertz CT molecular complexity index is 381. The van der Waals surface area contributed by atoms with Crippen LogP contribution in [0, 0.1) is 0 Å². The number of aliphatic hydroxyl groups excluding tert-OH is 1. The summed E-state index contributed by atoms with van der Waals surface area (Å²) in [6, 6.07) is -0.527. The molecule has 1 atom stereocenters. The predicted octanol–water partition coefficient (Wildman–Crippen LogP) is -1.44. The number of aliphatic carboxylic acids is 1. The molecule has 0 aliphatic rings. The summed E-state index contributed by atoms with van der Waals surface area (Å²) in [7, 11) is -3.03. The van der Waals surface area contributed by atoms with Crippen molar-refractivity contribution in [1.29, 1.82) is 0 Å². The minimum atomic E-state index is -3.03. The number of rotatable bonds is 8. The molecule has 0 rings (SSSR count). The highest BCUT2D eigenvalue weighted by Crippen LogP contribution is 1.89. The van der Waals surface area contributed by atoms with E-state index in [1.807, 2.05) is 0 Å². The lowest BCUT2D eigenvalue weighted by Crippen LogP contribution is -2.38. The van der Waals surface area contributed by atoms with Gasteiger partial charge < -0.3 is 20.8 Å². The molecule has 0 aliphatic heterocycles. The van der Waals surface area contributed by atoms with E-state index >= 15 is 0 Å². The van der Waals surface area contributed by atoms with Crippen LogP contribution in [0.2, 0.25) is 0 Å². The molecule has 9 heteroatoms. The van der Waals surface area contributed by atoms with E-state index in [4.69, 9.17) is 10.2 Å². The van der Waals surface area contributed by atoms with E-state index in [1.54, 1.807) is 0 Å². The quantitative estimate of drug-likeness (QED) is 0.403. The van der Waals surface area contributed by atoms with Crippen molar-refractivity contribution >= 4 is 21.8 Å². The molecule has 4 N–H and O–H groups in total. The molecule has 0 bridgehead atoms. The SMILES string of the molecule is CS(=O)(=O)CCCNC(=O)NCCC(O)C(=O)O. The molecule has 0 fully saturated rings. The fourth-order valence-electron chi connectivity index (χ4n) is 1.04. The predicted molar refractivity (Wildman–Crippen MR) is 64.0 cm³/mol. The zero-order chi connectivity index (χ0) is 14.2. The van der Waals surface area contributed by atoms with Crippen molar-refractivity contribution in [2.75, 3.05) is 25.1 Å². The minimum Gasteiger partial charge on any atom is -0.479 e. The number of amides is 2. The zero-order valence-electron chi connectivity index (χ0n) is 10.0. The van der Waals surface area contributed by atoms with Crippen molar-refractivity contribution < 1.29 is 28.2 Å². The minimum absolute atomic E-state index is 0.00892. The average Bonchev–Trinajstić information content (AvgIpc) is 2.22. The highest BCUT2D eigenvalue weighted by molar-refractivity contribution is 7.90. The maximum Gasteiger partial charge on any atom is 0.332 e. The molecule has 0 saturated carbocycles. The first kappa shape index (κ1) is 16.6. The van der Waals surface area contributed by atoms with Crippen molar-refractivity contribution in [2.45, 2.75) is 18.9 Å². The van der Waals surface area contributed by atoms with Crippen LogP contribution in [0.5, 0.6) is 0 Å². The highest BCUT2D eigenvalue weighted by Gasteiger charge is 2.12. The third kappa shape index (κ3) is 9.85. The molecule has 0 saturated heterocycles. The second kappa shape index (κ2) is 7.88. The van der Waals surface area contributed by atoms with Gasteiger partial charge in [-0.2, -0.15) is 0 Å². The maximum atomic E-state index is 11.1. The number of carboxylic acids is 1. The van der Waals surface area contributed by atoms with Crippen LogP contribution in [0.3, 0.4) is 0 Å².